The van der Waals surface area contributed by atoms with E-state index in [-0.39, 0.29) is 11.8 Å². The molecule has 0 aromatic rings. The van der Waals surface area contributed by atoms with Crippen LogP contribution in [0.4, 0.5) is 0 Å². The Morgan fingerprint density at radius 1 is 1.27 bits per heavy atom. The summed E-state index contributed by atoms with van der Waals surface area (Å²) < 4.78 is 8.88. The number of ether oxygens (including phenoxy) is 2. The molecule has 2 atom stereocenters. The number of carbonyl (C=O) groups excluding carboxylic acids is 1. The van der Waals surface area contributed by atoms with Crippen molar-refractivity contribution in [2.45, 2.75) is 43.4 Å². The van der Waals surface area contributed by atoms with Gasteiger partial charge in [0.2, 0.25) is 10.1 Å². The maximum atomic E-state index is 11.3. The van der Waals surface area contributed by atoms with Crippen molar-refractivity contribution in [3.8, 4) is 0 Å². The molecule has 0 aromatic carbocycles. The number of hydrogen-bond acceptors (Lipinski definition) is 3. The van der Waals surface area contributed by atoms with E-state index in [0.29, 0.717) is 0 Å². The van der Waals surface area contributed by atoms with Crippen LogP contribution in [0.1, 0.15) is 27.2 Å². The lowest BCUT2D eigenvalue weighted by atomic mass is 9.95. The van der Waals surface area contributed by atoms with Gasteiger partial charge >= 0.3 is 5.97 Å². The quantitative estimate of drug-likeness (QED) is 0.503. The predicted octanol–water partition coefficient (Wildman–Crippen LogP) is 3.06. The molecular formula is C9H13Cl3O3. The largest absolute Gasteiger partial charge is 0.435 e. The molecule has 1 fully saturated rings. The fourth-order valence-corrected chi connectivity index (χ4v) is 1.50. The van der Waals surface area contributed by atoms with Crippen LogP contribution in [0, 0.1) is 5.41 Å². The third-order valence-electron chi connectivity index (χ3n) is 1.95. The highest BCUT2D eigenvalue weighted by Crippen LogP contribution is 2.39. The number of halogens is 3. The van der Waals surface area contributed by atoms with Crippen LogP contribution < -0.4 is 0 Å². The fourth-order valence-electron chi connectivity index (χ4n) is 1.12. The minimum atomic E-state index is -1.61. The second-order valence-electron chi connectivity index (χ2n) is 4.56. The van der Waals surface area contributed by atoms with Crippen LogP contribution in [0.2, 0.25) is 0 Å². The molecule has 0 saturated carbocycles. The Kier molecular flexibility index (Phi) is 3.82. The number of hydrogen-bond donors (Lipinski definition) is 0. The van der Waals surface area contributed by atoms with Gasteiger partial charge in [-0.05, 0) is 0 Å². The van der Waals surface area contributed by atoms with Crippen LogP contribution in [-0.4, -0.2) is 22.2 Å². The summed E-state index contributed by atoms with van der Waals surface area (Å²) in [7, 11) is 0. The van der Waals surface area contributed by atoms with Crippen LogP contribution in [-0.2, 0) is 14.3 Å². The van der Waals surface area contributed by atoms with Crippen LogP contribution in [0.5, 0.6) is 0 Å². The first-order chi connectivity index (χ1) is 6.60. The van der Waals surface area contributed by atoms with Gasteiger partial charge in [0.05, 0.1) is 6.42 Å². The SMILES string of the molecule is CC(C)(C)[C@H]1OC(=O)C[C@@H](C(Cl)(Cl)Cl)O1. The van der Waals surface area contributed by atoms with Gasteiger partial charge in [-0.3, -0.25) is 4.79 Å². The molecule has 1 aliphatic rings. The van der Waals surface area contributed by atoms with E-state index in [0.717, 1.165) is 0 Å². The highest BCUT2D eigenvalue weighted by molar-refractivity contribution is 6.68. The van der Waals surface area contributed by atoms with E-state index in [9.17, 15) is 4.79 Å². The molecule has 1 rings (SSSR count). The van der Waals surface area contributed by atoms with Crippen molar-refractivity contribution in [3.63, 3.8) is 0 Å². The maximum absolute atomic E-state index is 11.3. The van der Waals surface area contributed by atoms with Crippen LogP contribution in [0.15, 0.2) is 0 Å². The van der Waals surface area contributed by atoms with Crippen molar-refractivity contribution >= 4 is 40.8 Å². The van der Waals surface area contributed by atoms with Crippen LogP contribution in [0.25, 0.3) is 0 Å². The summed E-state index contributed by atoms with van der Waals surface area (Å²) in [5.41, 5.74) is -0.343. The van der Waals surface area contributed by atoms with Gasteiger partial charge < -0.3 is 9.47 Å². The second-order valence-corrected chi connectivity index (χ2v) is 6.93. The minimum Gasteiger partial charge on any atom is -0.435 e. The fraction of sp³-hybridized carbons (Fsp3) is 0.889. The molecular weight excluding hydrogens is 262 g/mol. The number of alkyl halides is 3. The normalized spacial score (nSPS) is 28.8. The number of carbonyl (C=O) groups is 1. The smallest absolute Gasteiger partial charge is 0.310 e. The molecule has 0 spiro atoms. The van der Waals surface area contributed by atoms with Gasteiger partial charge in [0.25, 0.3) is 0 Å². The number of rotatable bonds is 0. The summed E-state index contributed by atoms with van der Waals surface area (Å²) in [6, 6.07) is 0. The molecule has 88 valence electrons. The first-order valence-electron chi connectivity index (χ1n) is 4.52. The summed E-state index contributed by atoms with van der Waals surface area (Å²) in [6.45, 7) is 5.64. The lowest BCUT2D eigenvalue weighted by molar-refractivity contribution is -0.242. The van der Waals surface area contributed by atoms with E-state index in [1.807, 2.05) is 20.8 Å². The van der Waals surface area contributed by atoms with E-state index < -0.39 is 22.2 Å². The minimum absolute atomic E-state index is 0.0386. The van der Waals surface area contributed by atoms with Crippen molar-refractivity contribution < 1.29 is 14.3 Å². The Hall–Kier alpha value is 0.300. The Morgan fingerprint density at radius 3 is 2.20 bits per heavy atom. The van der Waals surface area contributed by atoms with Crippen molar-refractivity contribution in [3.05, 3.63) is 0 Å². The summed E-state index contributed by atoms with van der Waals surface area (Å²) in [5.74, 6) is -0.405. The molecule has 0 aliphatic carbocycles. The lowest BCUT2D eigenvalue weighted by Crippen LogP contribution is -2.47. The second kappa shape index (κ2) is 4.28. The molecule has 0 N–H and O–H groups in total. The molecule has 6 heteroatoms. The zero-order valence-corrected chi connectivity index (χ0v) is 11.0. The summed E-state index contributed by atoms with van der Waals surface area (Å²) in [5, 5.41) is 0. The Labute approximate surface area is 104 Å². The van der Waals surface area contributed by atoms with Crippen molar-refractivity contribution in [2.24, 2.45) is 5.41 Å². The van der Waals surface area contributed by atoms with E-state index in [2.05, 4.69) is 0 Å². The molecule has 0 amide bonds. The Bertz CT molecular complexity index is 230. The van der Waals surface area contributed by atoms with Gasteiger partial charge in [-0.1, -0.05) is 55.6 Å². The molecule has 0 bridgehead atoms. The van der Waals surface area contributed by atoms with Gasteiger partial charge in [-0.25, -0.2) is 0 Å². The van der Waals surface area contributed by atoms with E-state index in [4.69, 9.17) is 44.3 Å². The van der Waals surface area contributed by atoms with Crippen LogP contribution >= 0.6 is 34.8 Å². The highest BCUT2D eigenvalue weighted by atomic mass is 35.6. The summed E-state index contributed by atoms with van der Waals surface area (Å²) >= 11 is 17.1. The summed E-state index contributed by atoms with van der Waals surface area (Å²) in [6.07, 6.45) is -1.48. The molecule has 0 aromatic heterocycles. The molecule has 1 aliphatic heterocycles. The first-order valence-corrected chi connectivity index (χ1v) is 5.66. The monoisotopic (exact) mass is 274 g/mol. The molecule has 15 heavy (non-hydrogen) atoms. The van der Waals surface area contributed by atoms with Gasteiger partial charge in [0.15, 0.2) is 0 Å². The number of cyclic esters (lactones) is 1. The average molecular weight is 276 g/mol. The lowest BCUT2D eigenvalue weighted by Gasteiger charge is -2.38. The van der Waals surface area contributed by atoms with Crippen molar-refractivity contribution in [2.75, 3.05) is 0 Å². The van der Waals surface area contributed by atoms with E-state index >= 15 is 0 Å². The van der Waals surface area contributed by atoms with Gasteiger partial charge in [0.1, 0.15) is 6.10 Å². The Morgan fingerprint density at radius 2 is 1.80 bits per heavy atom. The molecule has 3 nitrogen and oxygen atoms in total. The molecule has 1 heterocycles. The third kappa shape index (κ3) is 3.66. The Balaban J connectivity index is 2.77. The zero-order chi connectivity index (χ0) is 11.9. The van der Waals surface area contributed by atoms with E-state index in [1.165, 1.54) is 0 Å². The standard InChI is InChI=1S/C9H13Cl3O3/c1-8(2,3)7-14-5(9(10,11)12)4-6(13)15-7/h5,7H,4H2,1-3H3/t5-,7+/m0/s1. The summed E-state index contributed by atoms with van der Waals surface area (Å²) in [4.78, 5) is 11.3. The predicted molar refractivity (Wildman–Crippen MR) is 59.1 cm³/mol. The molecule has 0 radical (unpaired) electrons. The van der Waals surface area contributed by atoms with Gasteiger partial charge in [-0.2, -0.15) is 0 Å². The van der Waals surface area contributed by atoms with Crippen molar-refractivity contribution in [1.82, 2.24) is 0 Å². The third-order valence-corrected chi connectivity index (χ3v) is 2.68. The number of esters is 1. The topological polar surface area (TPSA) is 35.5 Å². The maximum Gasteiger partial charge on any atom is 0.310 e. The van der Waals surface area contributed by atoms with E-state index in [1.54, 1.807) is 0 Å². The van der Waals surface area contributed by atoms with Crippen molar-refractivity contribution in [1.29, 1.82) is 0 Å². The van der Waals surface area contributed by atoms with Crippen LogP contribution in [0.3, 0.4) is 0 Å². The average Bonchev–Trinajstić information content (AvgIpc) is 1.99. The first kappa shape index (κ1) is 13.4. The van der Waals surface area contributed by atoms with Gasteiger partial charge in [0, 0.05) is 5.41 Å². The van der Waals surface area contributed by atoms with Gasteiger partial charge in [-0.15, -0.1) is 0 Å². The molecule has 0 unspecified atom stereocenters. The highest BCUT2D eigenvalue weighted by Gasteiger charge is 2.45. The molecule has 1 saturated heterocycles. The zero-order valence-electron chi connectivity index (χ0n) is 8.72.